The van der Waals surface area contributed by atoms with Crippen molar-refractivity contribution in [1.82, 2.24) is 9.97 Å². The molecule has 3 rings (SSSR count). The zero-order valence-electron chi connectivity index (χ0n) is 14.2. The van der Waals surface area contributed by atoms with Crippen LogP contribution in [-0.4, -0.2) is 43.1 Å². The quantitative estimate of drug-likeness (QED) is 0.249. The number of H-pyrrole nitrogens is 1. The van der Waals surface area contributed by atoms with Crippen LogP contribution in [-0.2, 0) is 9.59 Å². The minimum Gasteiger partial charge on any atom is -0.506 e. The highest BCUT2D eigenvalue weighted by Gasteiger charge is 2.26. The molecular formula is C18H15BrN4O5. The molecule has 1 atom stereocenters. The van der Waals surface area contributed by atoms with Gasteiger partial charge in [-0.05, 0) is 51.8 Å². The van der Waals surface area contributed by atoms with E-state index < -0.39 is 24.3 Å². The summed E-state index contributed by atoms with van der Waals surface area (Å²) in [6.45, 7) is 0. The van der Waals surface area contributed by atoms with Gasteiger partial charge in [0.25, 0.3) is 0 Å². The van der Waals surface area contributed by atoms with Gasteiger partial charge < -0.3 is 26.0 Å². The predicted molar refractivity (Wildman–Crippen MR) is 105 cm³/mol. The molecule has 1 heterocycles. The highest BCUT2D eigenvalue weighted by atomic mass is 79.9. The van der Waals surface area contributed by atoms with E-state index >= 15 is 0 Å². The number of phenols is 1. The molecule has 1 aromatic heterocycles. The Morgan fingerprint density at radius 3 is 2.57 bits per heavy atom. The van der Waals surface area contributed by atoms with Crippen molar-refractivity contribution in [1.29, 1.82) is 5.41 Å². The van der Waals surface area contributed by atoms with Gasteiger partial charge in [0.2, 0.25) is 0 Å². The SMILES string of the molecule is N=C(N)c1ccc2nc(-c3cc(C(CC(=O)O)C(=O)O)cc(Br)c3O)[nH]c2c1. The zero-order chi connectivity index (χ0) is 20.6. The number of amidine groups is 1. The molecular weight excluding hydrogens is 432 g/mol. The van der Waals surface area contributed by atoms with E-state index in [0.29, 0.717) is 16.6 Å². The monoisotopic (exact) mass is 446 g/mol. The first-order chi connectivity index (χ1) is 13.2. The van der Waals surface area contributed by atoms with Crippen LogP contribution in [0.4, 0.5) is 0 Å². The van der Waals surface area contributed by atoms with Crippen molar-refractivity contribution in [2.45, 2.75) is 12.3 Å². The molecule has 7 N–H and O–H groups in total. The number of aromatic nitrogens is 2. The van der Waals surface area contributed by atoms with Crippen molar-refractivity contribution in [2.75, 3.05) is 0 Å². The van der Waals surface area contributed by atoms with Gasteiger partial charge in [0.15, 0.2) is 0 Å². The molecule has 0 aliphatic carbocycles. The lowest BCUT2D eigenvalue weighted by atomic mass is 9.94. The number of nitrogens with zero attached hydrogens (tertiary/aromatic N) is 1. The number of aromatic hydroxyl groups is 1. The number of phenolic OH excluding ortho intramolecular Hbond substituents is 1. The highest BCUT2D eigenvalue weighted by molar-refractivity contribution is 9.10. The van der Waals surface area contributed by atoms with Crippen LogP contribution in [0.5, 0.6) is 5.75 Å². The van der Waals surface area contributed by atoms with Crippen LogP contribution in [0.1, 0.15) is 23.5 Å². The van der Waals surface area contributed by atoms with Crippen LogP contribution in [0.3, 0.4) is 0 Å². The summed E-state index contributed by atoms with van der Waals surface area (Å²) in [7, 11) is 0. The molecule has 9 nitrogen and oxygen atoms in total. The van der Waals surface area contributed by atoms with E-state index in [4.69, 9.17) is 16.2 Å². The summed E-state index contributed by atoms with van der Waals surface area (Å²) in [6.07, 6.45) is -0.603. The fraction of sp³-hybridized carbons (Fsp3) is 0.111. The molecule has 0 aliphatic rings. The summed E-state index contributed by atoms with van der Waals surface area (Å²) >= 11 is 3.18. The molecule has 0 aliphatic heterocycles. The molecule has 0 fully saturated rings. The van der Waals surface area contributed by atoms with Gasteiger partial charge in [-0.15, -0.1) is 0 Å². The van der Waals surface area contributed by atoms with Crippen molar-refractivity contribution in [3.8, 4) is 17.1 Å². The summed E-state index contributed by atoms with van der Waals surface area (Å²) < 4.78 is 0.210. The highest BCUT2D eigenvalue weighted by Crippen LogP contribution is 2.38. The van der Waals surface area contributed by atoms with Crippen LogP contribution in [0.15, 0.2) is 34.8 Å². The number of halogens is 1. The molecule has 144 valence electrons. The number of fused-ring (bicyclic) bond motifs is 1. The lowest BCUT2D eigenvalue weighted by Crippen LogP contribution is -2.16. The second-order valence-electron chi connectivity index (χ2n) is 6.12. The Bertz CT molecular complexity index is 1120. The smallest absolute Gasteiger partial charge is 0.311 e. The van der Waals surface area contributed by atoms with E-state index in [0.717, 1.165) is 0 Å². The van der Waals surface area contributed by atoms with Gasteiger partial charge in [-0.1, -0.05) is 0 Å². The Balaban J connectivity index is 2.14. The molecule has 3 aromatic rings. The van der Waals surface area contributed by atoms with Crippen molar-refractivity contribution >= 4 is 44.7 Å². The minimum atomic E-state index is -1.29. The van der Waals surface area contributed by atoms with Gasteiger partial charge in [0.1, 0.15) is 17.4 Å². The maximum Gasteiger partial charge on any atom is 0.311 e. The second kappa shape index (κ2) is 7.31. The van der Waals surface area contributed by atoms with Gasteiger partial charge >= 0.3 is 11.9 Å². The van der Waals surface area contributed by atoms with E-state index in [1.807, 2.05) is 0 Å². The average Bonchev–Trinajstić information content (AvgIpc) is 3.04. The number of benzene rings is 2. The van der Waals surface area contributed by atoms with Crippen molar-refractivity contribution < 1.29 is 24.9 Å². The normalized spacial score (nSPS) is 12.0. The lowest BCUT2D eigenvalue weighted by molar-refractivity contribution is -0.145. The van der Waals surface area contributed by atoms with E-state index in [1.54, 1.807) is 18.2 Å². The van der Waals surface area contributed by atoms with E-state index in [9.17, 15) is 19.8 Å². The van der Waals surface area contributed by atoms with Crippen LogP contribution >= 0.6 is 15.9 Å². The minimum absolute atomic E-state index is 0.108. The second-order valence-corrected chi connectivity index (χ2v) is 6.97. The molecule has 0 saturated carbocycles. The first-order valence-electron chi connectivity index (χ1n) is 7.99. The van der Waals surface area contributed by atoms with Gasteiger partial charge in [-0.3, -0.25) is 15.0 Å². The Morgan fingerprint density at radius 2 is 1.96 bits per heavy atom. The summed E-state index contributed by atoms with van der Waals surface area (Å²) in [4.78, 5) is 29.9. The summed E-state index contributed by atoms with van der Waals surface area (Å²) in [6, 6.07) is 7.69. The molecule has 0 saturated heterocycles. The predicted octanol–water partition coefficient (Wildman–Crippen LogP) is 2.62. The number of nitrogens with two attached hydrogens (primary N) is 1. The molecule has 10 heteroatoms. The standard InChI is InChI=1S/C18H15BrN4O5/c19-11-4-8(9(18(27)28)6-14(24)25)3-10(15(11)26)17-22-12-2-1-7(16(20)21)5-13(12)23-17/h1-5,9,26H,6H2,(H3,20,21)(H,22,23)(H,24,25)(H,27,28). The van der Waals surface area contributed by atoms with Crippen molar-refractivity contribution in [3.63, 3.8) is 0 Å². The van der Waals surface area contributed by atoms with Crippen LogP contribution < -0.4 is 5.73 Å². The average molecular weight is 447 g/mol. The first-order valence-corrected chi connectivity index (χ1v) is 8.78. The molecule has 28 heavy (non-hydrogen) atoms. The van der Waals surface area contributed by atoms with Gasteiger partial charge in [-0.2, -0.15) is 0 Å². The number of imidazole rings is 1. The van der Waals surface area contributed by atoms with Crippen LogP contribution in [0, 0.1) is 5.41 Å². The fourth-order valence-electron chi connectivity index (χ4n) is 2.83. The number of rotatable bonds is 6. The Labute approximate surface area is 166 Å². The number of carbonyl (C=O) groups is 2. The van der Waals surface area contributed by atoms with Crippen LogP contribution in [0.25, 0.3) is 22.4 Å². The molecule has 1 unspecified atom stereocenters. The van der Waals surface area contributed by atoms with Gasteiger partial charge in [0.05, 0.1) is 33.4 Å². The molecule has 0 bridgehead atoms. The summed E-state index contributed by atoms with van der Waals surface area (Å²) in [5.74, 6) is -3.85. The van der Waals surface area contributed by atoms with Crippen LogP contribution in [0.2, 0.25) is 0 Å². The number of aromatic amines is 1. The largest absolute Gasteiger partial charge is 0.506 e. The molecule has 0 spiro atoms. The van der Waals surface area contributed by atoms with E-state index in [-0.39, 0.29) is 33.0 Å². The topological polar surface area (TPSA) is 173 Å². The van der Waals surface area contributed by atoms with Gasteiger partial charge in [-0.25, -0.2) is 4.98 Å². The van der Waals surface area contributed by atoms with Gasteiger partial charge in [0, 0.05) is 5.56 Å². The number of aliphatic carboxylic acids is 2. The molecule has 0 radical (unpaired) electrons. The number of hydrogen-bond acceptors (Lipinski definition) is 5. The number of hydrogen-bond donors (Lipinski definition) is 6. The fourth-order valence-corrected chi connectivity index (χ4v) is 3.31. The van der Waals surface area contributed by atoms with E-state index in [1.165, 1.54) is 12.1 Å². The van der Waals surface area contributed by atoms with Crippen molar-refractivity contribution in [3.05, 3.63) is 45.9 Å². The third kappa shape index (κ3) is 3.67. The molecule has 0 amide bonds. The molecule has 2 aromatic carbocycles. The first kappa shape index (κ1) is 19.4. The Morgan fingerprint density at radius 1 is 1.25 bits per heavy atom. The maximum absolute atomic E-state index is 11.5. The summed E-state index contributed by atoms with van der Waals surface area (Å²) in [5, 5.41) is 36.3. The number of nitrogens with one attached hydrogen (secondary N) is 2. The maximum atomic E-state index is 11.5. The zero-order valence-corrected chi connectivity index (χ0v) is 15.8. The number of nitrogen functional groups attached to an aromatic ring is 1. The number of carboxylic acid groups (broad SMARTS) is 2. The van der Waals surface area contributed by atoms with E-state index in [2.05, 4.69) is 25.9 Å². The Kier molecular flexibility index (Phi) is 5.06. The summed E-state index contributed by atoms with van der Waals surface area (Å²) in [5.41, 5.74) is 7.53. The number of carboxylic acids is 2. The Hall–Kier alpha value is -3.40. The lowest BCUT2D eigenvalue weighted by Gasteiger charge is -2.13. The third-order valence-corrected chi connectivity index (χ3v) is 4.82. The third-order valence-electron chi connectivity index (χ3n) is 4.21. The van der Waals surface area contributed by atoms with Crippen molar-refractivity contribution in [2.24, 2.45) is 5.73 Å².